The average Bonchev–Trinajstić information content (AvgIpc) is 2.91. The van der Waals surface area contributed by atoms with Gasteiger partial charge < -0.3 is 14.8 Å². The molecule has 0 fully saturated rings. The molecule has 1 atom stereocenters. The molecule has 0 saturated heterocycles. The van der Waals surface area contributed by atoms with Gasteiger partial charge in [0.05, 0.1) is 11.5 Å². The first kappa shape index (κ1) is 17.8. The van der Waals surface area contributed by atoms with Crippen LogP contribution in [0.25, 0.3) is 0 Å². The number of aryl methyl sites for hydroxylation is 1. The highest BCUT2D eigenvalue weighted by molar-refractivity contribution is 6.05. The van der Waals surface area contributed by atoms with Gasteiger partial charge >= 0.3 is 5.97 Å². The summed E-state index contributed by atoms with van der Waals surface area (Å²) in [5, 5.41) is 11.8. The molecule has 0 aliphatic heterocycles. The molecular formula is C19H23NO4. The zero-order valence-electron chi connectivity index (χ0n) is 14.4. The largest absolute Gasteiger partial charge is 0.481 e. The van der Waals surface area contributed by atoms with Crippen molar-refractivity contribution in [2.24, 2.45) is 5.92 Å². The van der Waals surface area contributed by atoms with E-state index in [0.717, 1.165) is 11.3 Å². The van der Waals surface area contributed by atoms with Crippen LogP contribution in [-0.2, 0) is 11.2 Å². The smallest absolute Gasteiger partial charge is 0.306 e. The number of nitrogens with one attached hydrogen (secondary N) is 1. The molecule has 0 aliphatic rings. The van der Waals surface area contributed by atoms with Crippen molar-refractivity contribution in [3.8, 4) is 0 Å². The fourth-order valence-electron chi connectivity index (χ4n) is 2.38. The first-order valence-electron chi connectivity index (χ1n) is 8.01. The van der Waals surface area contributed by atoms with Crippen LogP contribution in [0.3, 0.4) is 0 Å². The summed E-state index contributed by atoms with van der Waals surface area (Å²) in [4.78, 5) is 23.3. The Morgan fingerprint density at radius 3 is 2.29 bits per heavy atom. The summed E-state index contributed by atoms with van der Waals surface area (Å²) in [5.41, 5.74) is 2.12. The zero-order chi connectivity index (χ0) is 17.9. The van der Waals surface area contributed by atoms with Crippen LogP contribution in [0.15, 0.2) is 34.7 Å². The number of aliphatic carboxylic acids is 1. The summed E-state index contributed by atoms with van der Waals surface area (Å²) < 4.78 is 5.60. The fourth-order valence-corrected chi connectivity index (χ4v) is 2.38. The summed E-state index contributed by atoms with van der Waals surface area (Å²) >= 11 is 0. The number of amides is 1. The van der Waals surface area contributed by atoms with Crippen LogP contribution in [-0.4, -0.2) is 17.0 Å². The number of hydrogen-bond acceptors (Lipinski definition) is 3. The van der Waals surface area contributed by atoms with Crippen molar-refractivity contribution in [2.75, 3.05) is 5.32 Å². The van der Waals surface area contributed by atoms with Gasteiger partial charge in [-0.15, -0.1) is 0 Å². The molecule has 24 heavy (non-hydrogen) atoms. The van der Waals surface area contributed by atoms with Crippen LogP contribution >= 0.6 is 0 Å². The topological polar surface area (TPSA) is 79.5 Å². The molecule has 0 saturated carbocycles. The van der Waals surface area contributed by atoms with E-state index in [1.165, 1.54) is 0 Å². The van der Waals surface area contributed by atoms with Gasteiger partial charge in [0.2, 0.25) is 0 Å². The number of furan rings is 1. The monoisotopic (exact) mass is 329 g/mol. The van der Waals surface area contributed by atoms with Crippen molar-refractivity contribution in [1.82, 2.24) is 0 Å². The van der Waals surface area contributed by atoms with Crippen LogP contribution in [0.2, 0.25) is 0 Å². The maximum absolute atomic E-state index is 12.4. The van der Waals surface area contributed by atoms with Gasteiger partial charge in [0, 0.05) is 11.6 Å². The van der Waals surface area contributed by atoms with E-state index in [4.69, 9.17) is 9.52 Å². The van der Waals surface area contributed by atoms with Gasteiger partial charge in [-0.1, -0.05) is 32.9 Å². The van der Waals surface area contributed by atoms with Crippen molar-refractivity contribution in [2.45, 2.75) is 40.0 Å². The van der Waals surface area contributed by atoms with Crippen molar-refractivity contribution in [3.05, 3.63) is 53.0 Å². The van der Waals surface area contributed by atoms with Gasteiger partial charge in [0.25, 0.3) is 5.91 Å². The van der Waals surface area contributed by atoms with Gasteiger partial charge in [0.15, 0.2) is 0 Å². The zero-order valence-corrected chi connectivity index (χ0v) is 14.4. The molecule has 128 valence electrons. The van der Waals surface area contributed by atoms with Gasteiger partial charge in [-0.2, -0.15) is 0 Å². The lowest BCUT2D eigenvalue weighted by atomic mass is 10.0. The Morgan fingerprint density at radius 1 is 1.17 bits per heavy atom. The number of hydrogen-bond donors (Lipinski definition) is 2. The highest BCUT2D eigenvalue weighted by Gasteiger charge is 2.17. The minimum absolute atomic E-state index is 0.213. The van der Waals surface area contributed by atoms with Gasteiger partial charge in [0.1, 0.15) is 11.5 Å². The molecule has 1 amide bonds. The van der Waals surface area contributed by atoms with Gasteiger partial charge in [-0.25, -0.2) is 0 Å². The summed E-state index contributed by atoms with van der Waals surface area (Å²) in [6.45, 7) is 7.47. The number of carboxylic acids is 1. The number of carbonyl (C=O) groups excluding carboxylic acids is 1. The molecule has 2 N–H and O–H groups in total. The molecule has 1 unspecified atom stereocenters. The quantitative estimate of drug-likeness (QED) is 0.831. The third-order valence-corrected chi connectivity index (χ3v) is 3.93. The minimum Gasteiger partial charge on any atom is -0.481 e. The first-order chi connectivity index (χ1) is 11.3. The summed E-state index contributed by atoms with van der Waals surface area (Å²) in [5.74, 6) is 0.145. The standard InChI is InChI=1S/C19H23NO4/c1-11(2)17-10-16(13(4)24-17)18(21)20-15-7-5-14(6-8-15)9-12(3)19(22)23/h5-8,10-12H,9H2,1-4H3,(H,20,21)(H,22,23). The summed E-state index contributed by atoms with van der Waals surface area (Å²) in [6, 6.07) is 8.99. The van der Waals surface area contributed by atoms with Crippen LogP contribution in [0.1, 0.15) is 54.1 Å². The lowest BCUT2D eigenvalue weighted by Gasteiger charge is -2.08. The third-order valence-electron chi connectivity index (χ3n) is 3.93. The third kappa shape index (κ3) is 4.25. The predicted molar refractivity (Wildman–Crippen MR) is 92.4 cm³/mol. The van der Waals surface area contributed by atoms with Crippen molar-refractivity contribution >= 4 is 17.6 Å². The molecule has 0 aliphatic carbocycles. The molecule has 0 radical (unpaired) electrons. The van der Waals surface area contributed by atoms with Crippen LogP contribution in [0, 0.1) is 12.8 Å². The molecule has 5 nitrogen and oxygen atoms in total. The average molecular weight is 329 g/mol. The van der Waals surface area contributed by atoms with Crippen LogP contribution < -0.4 is 5.32 Å². The molecule has 0 spiro atoms. The molecule has 1 aromatic heterocycles. The fraction of sp³-hybridized carbons (Fsp3) is 0.368. The molecule has 2 aromatic rings. The molecular weight excluding hydrogens is 306 g/mol. The number of carbonyl (C=O) groups is 2. The van der Waals surface area contributed by atoms with E-state index in [1.54, 1.807) is 32.0 Å². The van der Waals surface area contributed by atoms with E-state index in [-0.39, 0.29) is 11.8 Å². The van der Waals surface area contributed by atoms with Crippen molar-refractivity contribution < 1.29 is 19.1 Å². The lowest BCUT2D eigenvalue weighted by molar-refractivity contribution is -0.141. The second kappa shape index (κ2) is 7.34. The van der Waals surface area contributed by atoms with Gasteiger partial charge in [-0.3, -0.25) is 9.59 Å². The Hall–Kier alpha value is -2.56. The second-order valence-corrected chi connectivity index (χ2v) is 6.37. The normalized spacial score (nSPS) is 12.2. The van der Waals surface area contributed by atoms with Crippen LogP contribution in [0.4, 0.5) is 5.69 Å². The number of rotatable bonds is 6. The van der Waals surface area contributed by atoms with Crippen molar-refractivity contribution in [1.29, 1.82) is 0 Å². The maximum atomic E-state index is 12.4. The number of benzene rings is 1. The van der Waals surface area contributed by atoms with E-state index in [2.05, 4.69) is 5.32 Å². The Morgan fingerprint density at radius 2 is 1.79 bits per heavy atom. The summed E-state index contributed by atoms with van der Waals surface area (Å²) in [6.07, 6.45) is 0.460. The Kier molecular flexibility index (Phi) is 5.44. The minimum atomic E-state index is -0.816. The Bertz CT molecular complexity index is 728. The highest BCUT2D eigenvalue weighted by Crippen LogP contribution is 2.23. The molecule has 0 bridgehead atoms. The Balaban J connectivity index is 2.05. The van der Waals surface area contributed by atoms with Gasteiger partial charge in [-0.05, 0) is 37.1 Å². The second-order valence-electron chi connectivity index (χ2n) is 6.37. The van der Waals surface area contributed by atoms with E-state index >= 15 is 0 Å². The van der Waals surface area contributed by atoms with E-state index in [0.29, 0.717) is 23.4 Å². The predicted octanol–water partition coefficient (Wildman–Crippen LogP) is 4.23. The van der Waals surface area contributed by atoms with E-state index in [9.17, 15) is 9.59 Å². The highest BCUT2D eigenvalue weighted by atomic mass is 16.4. The molecule has 2 rings (SSSR count). The molecule has 1 heterocycles. The van der Waals surface area contributed by atoms with Crippen molar-refractivity contribution in [3.63, 3.8) is 0 Å². The number of anilines is 1. The first-order valence-corrected chi connectivity index (χ1v) is 8.01. The molecule has 1 aromatic carbocycles. The summed E-state index contributed by atoms with van der Waals surface area (Å²) in [7, 11) is 0. The Labute approximate surface area is 141 Å². The number of carboxylic acid groups (broad SMARTS) is 1. The van der Waals surface area contributed by atoms with E-state index in [1.807, 2.05) is 26.0 Å². The maximum Gasteiger partial charge on any atom is 0.306 e. The van der Waals surface area contributed by atoms with Crippen LogP contribution in [0.5, 0.6) is 0 Å². The van der Waals surface area contributed by atoms with E-state index < -0.39 is 11.9 Å². The SMILES string of the molecule is Cc1oc(C(C)C)cc1C(=O)Nc1ccc(CC(C)C(=O)O)cc1. The lowest BCUT2D eigenvalue weighted by Crippen LogP contribution is -2.13. The molecule has 5 heteroatoms.